The Morgan fingerprint density at radius 3 is 2.54 bits per heavy atom. The number of rotatable bonds is 1. The van der Waals surface area contributed by atoms with E-state index in [0.717, 1.165) is 24.6 Å². The van der Waals surface area contributed by atoms with Crippen LogP contribution < -0.4 is 5.32 Å². The zero-order valence-corrected chi connectivity index (χ0v) is 9.40. The summed E-state index contributed by atoms with van der Waals surface area (Å²) in [6.07, 6.45) is 2.08. The molecule has 0 saturated heterocycles. The third kappa shape index (κ3) is 3.53. The molecule has 13 heavy (non-hydrogen) atoms. The summed E-state index contributed by atoms with van der Waals surface area (Å²) in [5, 5.41) is 3.31. The zero-order valence-electron chi connectivity index (χ0n) is 9.40. The summed E-state index contributed by atoms with van der Waals surface area (Å²) in [5.41, 5.74) is 2.40. The standard InChI is InChI=1S/C9H15NO.C2H6/c1-4-7(2)9-8(3)11-6-5-10-9;1-2/h4,10H,5-6H2,1-3H3;1-2H3/b7-4-;. The molecule has 0 aromatic rings. The molecule has 1 rings (SSSR count). The summed E-state index contributed by atoms with van der Waals surface area (Å²) in [6.45, 7) is 11.8. The van der Waals surface area contributed by atoms with E-state index < -0.39 is 0 Å². The van der Waals surface area contributed by atoms with Crippen molar-refractivity contribution in [2.75, 3.05) is 13.2 Å². The number of hydrogen-bond donors (Lipinski definition) is 1. The van der Waals surface area contributed by atoms with Crippen LogP contribution >= 0.6 is 0 Å². The lowest BCUT2D eigenvalue weighted by Gasteiger charge is -2.21. The van der Waals surface area contributed by atoms with Crippen molar-refractivity contribution in [2.24, 2.45) is 0 Å². The molecule has 0 atom stereocenters. The molecule has 1 aliphatic heterocycles. The fourth-order valence-corrected chi connectivity index (χ4v) is 1.14. The van der Waals surface area contributed by atoms with Gasteiger partial charge in [-0.25, -0.2) is 0 Å². The monoisotopic (exact) mass is 183 g/mol. The van der Waals surface area contributed by atoms with Crippen LogP contribution in [-0.4, -0.2) is 13.2 Å². The Hall–Kier alpha value is -0.920. The number of allylic oxidation sites excluding steroid dienone is 3. The lowest BCUT2D eigenvalue weighted by molar-refractivity contribution is 0.194. The molecule has 0 bridgehead atoms. The SMILES string of the molecule is C/C=C(/C)C1=C(C)OCCN1.CC. The van der Waals surface area contributed by atoms with Crippen molar-refractivity contribution < 1.29 is 4.74 Å². The molecule has 0 spiro atoms. The Balaban J connectivity index is 0.000000671. The third-order valence-electron chi connectivity index (χ3n) is 1.90. The van der Waals surface area contributed by atoms with Crippen molar-refractivity contribution in [3.05, 3.63) is 23.1 Å². The molecule has 2 nitrogen and oxygen atoms in total. The van der Waals surface area contributed by atoms with Crippen molar-refractivity contribution >= 4 is 0 Å². The predicted octanol–water partition coefficient (Wildman–Crippen LogP) is 2.83. The Kier molecular flexibility index (Phi) is 6.11. The van der Waals surface area contributed by atoms with Gasteiger partial charge in [-0.15, -0.1) is 0 Å². The second kappa shape index (κ2) is 6.58. The summed E-state index contributed by atoms with van der Waals surface area (Å²) in [6, 6.07) is 0. The molecule has 1 aliphatic rings. The topological polar surface area (TPSA) is 21.3 Å². The summed E-state index contributed by atoms with van der Waals surface area (Å²) in [4.78, 5) is 0. The van der Waals surface area contributed by atoms with Crippen LogP contribution in [0.2, 0.25) is 0 Å². The van der Waals surface area contributed by atoms with Gasteiger partial charge in [-0.2, -0.15) is 0 Å². The molecule has 0 unspecified atom stereocenters. The molecule has 0 amide bonds. The van der Waals surface area contributed by atoms with E-state index in [0.29, 0.717) is 0 Å². The zero-order chi connectivity index (χ0) is 10.3. The summed E-state index contributed by atoms with van der Waals surface area (Å²) in [7, 11) is 0. The molecule has 1 heterocycles. The average molecular weight is 183 g/mol. The molecular formula is C11H21NO. The maximum Gasteiger partial charge on any atom is 0.116 e. The van der Waals surface area contributed by atoms with Gasteiger partial charge in [0.1, 0.15) is 12.4 Å². The first kappa shape index (κ1) is 12.1. The highest BCUT2D eigenvalue weighted by Gasteiger charge is 2.09. The van der Waals surface area contributed by atoms with Crippen LogP contribution in [0.5, 0.6) is 0 Å². The molecule has 2 heteroatoms. The van der Waals surface area contributed by atoms with Gasteiger partial charge in [0.25, 0.3) is 0 Å². The first-order valence-corrected chi connectivity index (χ1v) is 4.96. The summed E-state index contributed by atoms with van der Waals surface area (Å²) in [5.74, 6) is 1.01. The first-order valence-electron chi connectivity index (χ1n) is 4.96. The van der Waals surface area contributed by atoms with Crippen LogP contribution in [0.3, 0.4) is 0 Å². The highest BCUT2D eigenvalue weighted by atomic mass is 16.5. The van der Waals surface area contributed by atoms with Gasteiger partial charge < -0.3 is 10.1 Å². The van der Waals surface area contributed by atoms with E-state index in [-0.39, 0.29) is 0 Å². The average Bonchev–Trinajstić information content (AvgIpc) is 2.20. The Morgan fingerprint density at radius 1 is 1.46 bits per heavy atom. The van der Waals surface area contributed by atoms with Crippen molar-refractivity contribution in [3.63, 3.8) is 0 Å². The van der Waals surface area contributed by atoms with E-state index >= 15 is 0 Å². The summed E-state index contributed by atoms with van der Waals surface area (Å²) < 4.78 is 5.39. The maximum absolute atomic E-state index is 5.39. The Bertz CT molecular complexity index is 204. The quantitative estimate of drug-likeness (QED) is 0.675. The van der Waals surface area contributed by atoms with Gasteiger partial charge in [-0.3, -0.25) is 0 Å². The Labute approximate surface area is 81.7 Å². The molecular weight excluding hydrogens is 162 g/mol. The molecule has 76 valence electrons. The first-order chi connectivity index (χ1) is 6.25. The molecule has 0 saturated carbocycles. The van der Waals surface area contributed by atoms with Crippen LogP contribution in [0, 0.1) is 0 Å². The molecule has 1 N–H and O–H groups in total. The normalized spacial score (nSPS) is 16.8. The van der Waals surface area contributed by atoms with Gasteiger partial charge in [0.15, 0.2) is 0 Å². The number of hydrogen-bond acceptors (Lipinski definition) is 2. The molecule has 0 aliphatic carbocycles. The fraction of sp³-hybridized carbons (Fsp3) is 0.636. The fourth-order valence-electron chi connectivity index (χ4n) is 1.14. The largest absolute Gasteiger partial charge is 0.494 e. The second-order valence-corrected chi connectivity index (χ2v) is 2.68. The van der Waals surface area contributed by atoms with Crippen LogP contribution in [-0.2, 0) is 4.74 Å². The van der Waals surface area contributed by atoms with E-state index in [1.165, 1.54) is 5.57 Å². The van der Waals surface area contributed by atoms with Crippen molar-refractivity contribution in [3.8, 4) is 0 Å². The van der Waals surface area contributed by atoms with Gasteiger partial charge >= 0.3 is 0 Å². The number of ether oxygens (including phenoxy) is 1. The smallest absolute Gasteiger partial charge is 0.116 e. The van der Waals surface area contributed by atoms with Gasteiger partial charge in [-0.1, -0.05) is 19.9 Å². The molecule has 0 radical (unpaired) electrons. The van der Waals surface area contributed by atoms with E-state index in [9.17, 15) is 0 Å². The molecule has 0 aromatic carbocycles. The minimum absolute atomic E-state index is 0.784. The Morgan fingerprint density at radius 2 is 2.08 bits per heavy atom. The highest BCUT2D eigenvalue weighted by Crippen LogP contribution is 2.14. The third-order valence-corrected chi connectivity index (χ3v) is 1.90. The predicted molar refractivity (Wildman–Crippen MR) is 57.4 cm³/mol. The van der Waals surface area contributed by atoms with Crippen LogP contribution in [0.15, 0.2) is 23.1 Å². The lowest BCUT2D eigenvalue weighted by Crippen LogP contribution is -2.26. The van der Waals surface area contributed by atoms with E-state index in [4.69, 9.17) is 4.74 Å². The van der Waals surface area contributed by atoms with Gasteiger partial charge in [0.2, 0.25) is 0 Å². The van der Waals surface area contributed by atoms with Crippen molar-refractivity contribution in [2.45, 2.75) is 34.6 Å². The highest BCUT2D eigenvalue weighted by molar-refractivity contribution is 5.29. The minimum Gasteiger partial charge on any atom is -0.494 e. The van der Waals surface area contributed by atoms with Crippen LogP contribution in [0.4, 0.5) is 0 Å². The molecule has 0 aromatic heterocycles. The van der Waals surface area contributed by atoms with Crippen molar-refractivity contribution in [1.82, 2.24) is 5.32 Å². The number of nitrogens with one attached hydrogen (secondary N) is 1. The lowest BCUT2D eigenvalue weighted by atomic mass is 10.2. The minimum atomic E-state index is 0.784. The van der Waals surface area contributed by atoms with E-state index in [1.807, 2.05) is 27.7 Å². The maximum atomic E-state index is 5.39. The summed E-state index contributed by atoms with van der Waals surface area (Å²) >= 11 is 0. The van der Waals surface area contributed by atoms with Gasteiger partial charge in [0.05, 0.1) is 5.70 Å². The van der Waals surface area contributed by atoms with Gasteiger partial charge in [0, 0.05) is 6.54 Å². The second-order valence-electron chi connectivity index (χ2n) is 2.68. The van der Waals surface area contributed by atoms with Crippen molar-refractivity contribution in [1.29, 1.82) is 0 Å². The van der Waals surface area contributed by atoms with Crippen LogP contribution in [0.1, 0.15) is 34.6 Å². The van der Waals surface area contributed by atoms with E-state index in [2.05, 4.69) is 18.3 Å². The molecule has 0 fully saturated rings. The van der Waals surface area contributed by atoms with Crippen LogP contribution in [0.25, 0.3) is 0 Å². The van der Waals surface area contributed by atoms with Gasteiger partial charge in [-0.05, 0) is 26.3 Å². The van der Waals surface area contributed by atoms with E-state index in [1.54, 1.807) is 0 Å².